The van der Waals surface area contributed by atoms with E-state index in [1.165, 1.54) is 7.11 Å². The lowest BCUT2D eigenvalue weighted by Gasteiger charge is -2.25. The van der Waals surface area contributed by atoms with Crippen molar-refractivity contribution in [2.45, 2.75) is 32.2 Å². The summed E-state index contributed by atoms with van der Waals surface area (Å²) in [7, 11) is 1.51. The summed E-state index contributed by atoms with van der Waals surface area (Å²) in [5.74, 6) is 1.12. The molecule has 116 valence electrons. The Morgan fingerprint density at radius 1 is 1.45 bits per heavy atom. The third-order valence-corrected chi connectivity index (χ3v) is 3.94. The highest BCUT2D eigenvalue weighted by molar-refractivity contribution is 5.94. The second-order valence-corrected chi connectivity index (χ2v) is 5.72. The first kappa shape index (κ1) is 14.4. The number of amides is 1. The lowest BCUT2D eigenvalue weighted by atomic mass is 9.87. The molecule has 1 aliphatic heterocycles. The monoisotopic (exact) mass is 301 g/mol. The largest absolute Gasteiger partial charge is 0.504 e. The Morgan fingerprint density at radius 2 is 2.23 bits per heavy atom. The number of carbonyl (C=O) groups excluding carboxylic acids is 1. The quantitative estimate of drug-likeness (QED) is 0.913. The number of phenols is 1. The van der Waals surface area contributed by atoms with Crippen molar-refractivity contribution in [2.75, 3.05) is 12.4 Å². The van der Waals surface area contributed by atoms with Crippen molar-refractivity contribution in [1.29, 1.82) is 0 Å². The zero-order valence-corrected chi connectivity index (χ0v) is 12.8. The molecule has 0 unspecified atom stereocenters. The van der Waals surface area contributed by atoms with Gasteiger partial charge in [-0.05, 0) is 31.5 Å². The van der Waals surface area contributed by atoms with Gasteiger partial charge in [0.2, 0.25) is 5.91 Å². The number of nitrogens with one attached hydrogen (secondary N) is 1. The van der Waals surface area contributed by atoms with Crippen LogP contribution >= 0.6 is 0 Å². The van der Waals surface area contributed by atoms with E-state index >= 15 is 0 Å². The van der Waals surface area contributed by atoms with E-state index in [2.05, 4.69) is 10.4 Å². The van der Waals surface area contributed by atoms with Crippen molar-refractivity contribution in [1.82, 2.24) is 9.78 Å². The Kier molecular flexibility index (Phi) is 3.52. The molecule has 2 N–H and O–H groups in total. The van der Waals surface area contributed by atoms with Gasteiger partial charge in [-0.25, -0.2) is 4.68 Å². The molecule has 1 atom stereocenters. The molecule has 3 rings (SSSR count). The smallest absolute Gasteiger partial charge is 0.226 e. The summed E-state index contributed by atoms with van der Waals surface area (Å²) in [6, 6.07) is 5.34. The maximum Gasteiger partial charge on any atom is 0.226 e. The number of hydrogen-bond donors (Lipinski definition) is 2. The van der Waals surface area contributed by atoms with Gasteiger partial charge in [0.25, 0.3) is 0 Å². The third-order valence-electron chi connectivity index (χ3n) is 3.94. The van der Waals surface area contributed by atoms with Crippen LogP contribution in [0.15, 0.2) is 24.4 Å². The summed E-state index contributed by atoms with van der Waals surface area (Å²) >= 11 is 0. The van der Waals surface area contributed by atoms with Gasteiger partial charge >= 0.3 is 0 Å². The van der Waals surface area contributed by atoms with Gasteiger partial charge in [-0.2, -0.15) is 5.10 Å². The fourth-order valence-corrected chi connectivity index (χ4v) is 2.84. The number of benzene rings is 1. The van der Waals surface area contributed by atoms with Crippen LogP contribution in [0, 0.1) is 0 Å². The zero-order valence-electron chi connectivity index (χ0n) is 12.8. The zero-order chi connectivity index (χ0) is 15.9. The summed E-state index contributed by atoms with van der Waals surface area (Å²) in [5, 5.41) is 17.0. The fourth-order valence-electron chi connectivity index (χ4n) is 2.84. The average Bonchev–Trinajstić information content (AvgIpc) is 2.90. The van der Waals surface area contributed by atoms with Gasteiger partial charge in [-0.3, -0.25) is 4.79 Å². The van der Waals surface area contributed by atoms with E-state index in [9.17, 15) is 9.90 Å². The number of aromatic nitrogens is 2. The number of ether oxygens (including phenoxy) is 1. The van der Waals surface area contributed by atoms with Crippen molar-refractivity contribution in [2.24, 2.45) is 0 Å². The minimum Gasteiger partial charge on any atom is -0.504 e. The summed E-state index contributed by atoms with van der Waals surface area (Å²) < 4.78 is 6.98. The third kappa shape index (κ3) is 2.30. The fraction of sp³-hybridized carbons (Fsp3) is 0.375. The second kappa shape index (κ2) is 5.36. The first-order chi connectivity index (χ1) is 10.5. The number of nitrogens with zero attached hydrogens (tertiary/aromatic N) is 2. The van der Waals surface area contributed by atoms with E-state index in [1.54, 1.807) is 18.3 Å². The van der Waals surface area contributed by atoms with E-state index in [0.717, 1.165) is 16.9 Å². The molecule has 2 heterocycles. The Morgan fingerprint density at radius 3 is 2.91 bits per heavy atom. The van der Waals surface area contributed by atoms with Crippen LogP contribution in [-0.4, -0.2) is 27.9 Å². The lowest BCUT2D eigenvalue weighted by Crippen LogP contribution is -2.25. The molecule has 2 aromatic rings. The minimum atomic E-state index is -0.0919. The standard InChI is InChI=1S/C16H19N3O3/c1-9(2)19-16-12(8-17-19)11(7-15(21)18-16)10-4-5-13(20)14(6-10)22-3/h4-6,8-9,11,20H,7H2,1-3H3,(H,18,21)/t11-/m1/s1. The number of anilines is 1. The van der Waals surface area contributed by atoms with Crippen LogP contribution in [0.2, 0.25) is 0 Å². The predicted octanol–water partition coefficient (Wildman–Crippen LogP) is 2.65. The average molecular weight is 301 g/mol. The van der Waals surface area contributed by atoms with Gasteiger partial charge < -0.3 is 15.2 Å². The molecule has 0 radical (unpaired) electrons. The first-order valence-corrected chi connectivity index (χ1v) is 7.25. The van der Waals surface area contributed by atoms with E-state index in [4.69, 9.17) is 4.74 Å². The molecule has 1 amide bonds. The summed E-state index contributed by atoms with van der Waals surface area (Å²) in [5.41, 5.74) is 1.91. The number of hydrogen-bond acceptors (Lipinski definition) is 4. The van der Waals surface area contributed by atoms with Crippen molar-refractivity contribution in [3.63, 3.8) is 0 Å². The van der Waals surface area contributed by atoms with Gasteiger partial charge in [-0.15, -0.1) is 0 Å². The molecule has 0 bridgehead atoms. The van der Waals surface area contributed by atoms with Gasteiger partial charge in [0.1, 0.15) is 5.82 Å². The number of methoxy groups -OCH3 is 1. The van der Waals surface area contributed by atoms with Crippen LogP contribution in [0.4, 0.5) is 5.82 Å². The van der Waals surface area contributed by atoms with Gasteiger partial charge in [0, 0.05) is 23.9 Å². The number of rotatable bonds is 3. The van der Waals surface area contributed by atoms with E-state index in [-0.39, 0.29) is 23.6 Å². The van der Waals surface area contributed by atoms with Crippen LogP contribution in [-0.2, 0) is 4.79 Å². The Bertz CT molecular complexity index is 721. The van der Waals surface area contributed by atoms with Crippen molar-refractivity contribution >= 4 is 11.7 Å². The van der Waals surface area contributed by atoms with E-state index in [1.807, 2.05) is 24.6 Å². The van der Waals surface area contributed by atoms with Crippen LogP contribution in [0.25, 0.3) is 0 Å². The molecular formula is C16H19N3O3. The van der Waals surface area contributed by atoms with Crippen molar-refractivity contribution in [3.05, 3.63) is 35.5 Å². The first-order valence-electron chi connectivity index (χ1n) is 7.25. The van der Waals surface area contributed by atoms with Gasteiger partial charge in [-0.1, -0.05) is 6.07 Å². The SMILES string of the molecule is COc1cc([C@H]2CC(=O)Nc3c2cnn3C(C)C)ccc1O. The number of fused-ring (bicyclic) bond motifs is 1. The molecule has 6 nitrogen and oxygen atoms in total. The molecule has 6 heteroatoms. The van der Waals surface area contributed by atoms with E-state index in [0.29, 0.717) is 12.2 Å². The topological polar surface area (TPSA) is 76.4 Å². The molecule has 1 aromatic carbocycles. The lowest BCUT2D eigenvalue weighted by molar-refractivity contribution is -0.116. The molecule has 0 saturated carbocycles. The molecule has 0 fully saturated rings. The normalized spacial score (nSPS) is 17.3. The van der Waals surface area contributed by atoms with Crippen LogP contribution in [0.3, 0.4) is 0 Å². The highest BCUT2D eigenvalue weighted by atomic mass is 16.5. The molecule has 0 spiro atoms. The number of phenolic OH excluding ortho intramolecular Hbond substituents is 1. The summed E-state index contributed by atoms with van der Waals surface area (Å²) in [4.78, 5) is 12.1. The highest BCUT2D eigenvalue weighted by Crippen LogP contribution is 2.40. The van der Waals surface area contributed by atoms with Crippen LogP contribution in [0.5, 0.6) is 11.5 Å². The second-order valence-electron chi connectivity index (χ2n) is 5.72. The molecule has 0 saturated heterocycles. The number of aromatic hydroxyl groups is 1. The molecule has 0 aliphatic carbocycles. The number of carbonyl (C=O) groups is 1. The highest BCUT2D eigenvalue weighted by Gasteiger charge is 2.30. The molecule has 22 heavy (non-hydrogen) atoms. The van der Waals surface area contributed by atoms with Crippen LogP contribution < -0.4 is 10.1 Å². The predicted molar refractivity (Wildman–Crippen MR) is 82.4 cm³/mol. The van der Waals surface area contributed by atoms with Crippen LogP contribution in [0.1, 0.15) is 43.4 Å². The van der Waals surface area contributed by atoms with Crippen molar-refractivity contribution in [3.8, 4) is 11.5 Å². The Hall–Kier alpha value is -2.50. The maximum atomic E-state index is 12.1. The molecule has 1 aliphatic rings. The van der Waals surface area contributed by atoms with E-state index < -0.39 is 0 Å². The van der Waals surface area contributed by atoms with Crippen molar-refractivity contribution < 1.29 is 14.6 Å². The minimum absolute atomic E-state index is 0.0352. The summed E-state index contributed by atoms with van der Waals surface area (Å²) in [6.07, 6.45) is 2.16. The Balaban J connectivity index is 2.08. The van der Waals surface area contributed by atoms with Gasteiger partial charge in [0.05, 0.1) is 13.3 Å². The van der Waals surface area contributed by atoms with Gasteiger partial charge in [0.15, 0.2) is 11.5 Å². The molecular weight excluding hydrogens is 282 g/mol. The summed E-state index contributed by atoms with van der Waals surface area (Å²) in [6.45, 7) is 4.04. The maximum absolute atomic E-state index is 12.1. The Labute approximate surface area is 128 Å². The molecule has 1 aromatic heterocycles.